The average Bonchev–Trinajstić information content (AvgIpc) is 3.59. The van der Waals surface area contributed by atoms with E-state index < -0.39 is 0 Å². The van der Waals surface area contributed by atoms with Crippen LogP contribution in [0, 0.1) is 0 Å². The number of para-hydroxylation sites is 4. The third kappa shape index (κ3) is 10.1. The van der Waals surface area contributed by atoms with Crippen molar-refractivity contribution in [2.75, 3.05) is 0 Å². The van der Waals surface area contributed by atoms with Crippen LogP contribution in [0.4, 0.5) is 0 Å². The van der Waals surface area contributed by atoms with Gasteiger partial charge in [-0.15, -0.1) is 0 Å². The number of rotatable bonds is 8. The van der Waals surface area contributed by atoms with E-state index in [4.69, 9.17) is 30.3 Å². The molecule has 0 bridgehead atoms. The number of aromatic nitrogens is 2. The molecule has 0 unspecified atom stereocenters. The zero-order valence-electron chi connectivity index (χ0n) is 23.8. The fourth-order valence-electron chi connectivity index (χ4n) is 3.87. The van der Waals surface area contributed by atoms with Crippen LogP contribution in [-0.4, -0.2) is 26.6 Å². The highest BCUT2D eigenvalue weighted by Crippen LogP contribution is 2.25. The van der Waals surface area contributed by atoms with Crippen molar-refractivity contribution >= 4 is 45.4 Å². The third-order valence-corrected chi connectivity index (χ3v) is 6.30. The second-order valence-corrected chi connectivity index (χ2v) is 10.0. The lowest BCUT2D eigenvalue weighted by Gasteiger charge is -2.02. The Morgan fingerprint density at radius 2 is 1.19 bits per heavy atom. The summed E-state index contributed by atoms with van der Waals surface area (Å²) in [5.41, 5.74) is 5.19. The maximum Gasteiger partial charge on any atom is 0.400 e. The fraction of sp³-hybridized carbons (Fsp3) is 0.176. The first-order chi connectivity index (χ1) is 20.7. The van der Waals surface area contributed by atoms with E-state index >= 15 is 0 Å². The van der Waals surface area contributed by atoms with Crippen molar-refractivity contribution in [2.45, 2.75) is 39.5 Å². The van der Waals surface area contributed by atoms with Gasteiger partial charge < -0.3 is 28.3 Å². The molecule has 6 aromatic rings. The monoisotopic (exact) mass is 598 g/mol. The van der Waals surface area contributed by atoms with Crippen molar-refractivity contribution < 1.29 is 28.3 Å². The normalized spacial score (nSPS) is 10.4. The van der Waals surface area contributed by atoms with E-state index in [9.17, 15) is 9.59 Å². The number of nitrogens with zero attached hydrogens (tertiary/aromatic N) is 2. The standard InChI is InChI=1S/C17H15NO3.C10H12O2.C7H4ClNO/c1-12(19)6-7-13-8-10-14(11-9-13)20-17-18-15-4-2-3-5-16(15)21-17;1-8(11)2-3-9-4-6-10(12)7-5-9;8-7-9-5-3-1-2-4-6(5)10-7/h2-5,8-11H,6-7H2,1H3;4-7,12H,2-3H2,1H3;1-4H. The van der Waals surface area contributed by atoms with Crippen LogP contribution in [-0.2, 0) is 22.4 Å². The van der Waals surface area contributed by atoms with E-state index in [1.165, 1.54) is 0 Å². The molecule has 220 valence electrons. The lowest BCUT2D eigenvalue weighted by atomic mass is 10.1. The number of benzene rings is 4. The summed E-state index contributed by atoms with van der Waals surface area (Å²) in [5, 5.41) is 9.16. The summed E-state index contributed by atoms with van der Waals surface area (Å²) >= 11 is 5.51. The summed E-state index contributed by atoms with van der Waals surface area (Å²) < 4.78 is 16.1. The summed E-state index contributed by atoms with van der Waals surface area (Å²) in [4.78, 5) is 29.8. The number of fused-ring (bicyclic) bond motifs is 2. The minimum Gasteiger partial charge on any atom is -0.508 e. The average molecular weight is 599 g/mol. The molecule has 6 rings (SSSR count). The van der Waals surface area contributed by atoms with Gasteiger partial charge in [-0.25, -0.2) is 0 Å². The van der Waals surface area contributed by atoms with Crippen LogP contribution in [0.2, 0.25) is 5.35 Å². The second kappa shape index (κ2) is 15.3. The molecule has 0 radical (unpaired) electrons. The molecular weight excluding hydrogens is 568 g/mol. The quantitative estimate of drug-likeness (QED) is 0.185. The number of oxazole rings is 2. The van der Waals surface area contributed by atoms with Crippen LogP contribution in [0.15, 0.2) is 106 Å². The van der Waals surface area contributed by atoms with Crippen molar-refractivity contribution in [3.05, 3.63) is 114 Å². The Bertz CT molecular complexity index is 1710. The number of aryl methyl sites for hydroxylation is 2. The van der Waals surface area contributed by atoms with Crippen LogP contribution in [0.1, 0.15) is 37.8 Å². The minimum atomic E-state index is 0.196. The van der Waals surface area contributed by atoms with Crippen molar-refractivity contribution in [1.82, 2.24) is 9.97 Å². The number of ether oxygens (including phenoxy) is 1. The number of phenols is 1. The molecule has 0 amide bonds. The summed E-state index contributed by atoms with van der Waals surface area (Å²) in [6.45, 7) is 3.19. The second-order valence-electron chi connectivity index (χ2n) is 9.70. The topological polar surface area (TPSA) is 116 Å². The summed E-state index contributed by atoms with van der Waals surface area (Å²) in [5.74, 6) is 1.32. The highest BCUT2D eigenvalue weighted by Gasteiger charge is 2.07. The van der Waals surface area contributed by atoms with Gasteiger partial charge in [-0.05, 0) is 97.9 Å². The number of carbonyl (C=O) groups is 2. The maximum absolute atomic E-state index is 11.0. The van der Waals surface area contributed by atoms with E-state index in [0.29, 0.717) is 24.2 Å². The molecule has 0 aliphatic heterocycles. The molecule has 0 atom stereocenters. The highest BCUT2D eigenvalue weighted by atomic mass is 35.5. The van der Waals surface area contributed by atoms with Gasteiger partial charge in [0.1, 0.15) is 34.1 Å². The molecule has 0 saturated heterocycles. The van der Waals surface area contributed by atoms with Gasteiger partial charge in [0.2, 0.25) is 0 Å². The third-order valence-electron chi connectivity index (χ3n) is 6.14. The van der Waals surface area contributed by atoms with Gasteiger partial charge in [0.05, 0.1) is 0 Å². The van der Waals surface area contributed by atoms with Crippen molar-refractivity contribution in [3.63, 3.8) is 0 Å². The van der Waals surface area contributed by atoms with E-state index in [1.807, 2.05) is 84.9 Å². The van der Waals surface area contributed by atoms with Crippen molar-refractivity contribution in [3.8, 4) is 17.6 Å². The van der Waals surface area contributed by atoms with Gasteiger partial charge in [0, 0.05) is 12.8 Å². The first-order valence-electron chi connectivity index (χ1n) is 13.7. The first kappa shape index (κ1) is 31.0. The molecule has 0 fully saturated rings. The molecule has 2 heterocycles. The Hall–Kier alpha value is -4.95. The van der Waals surface area contributed by atoms with Crippen LogP contribution in [0.5, 0.6) is 17.6 Å². The Morgan fingerprint density at radius 3 is 1.70 bits per heavy atom. The van der Waals surface area contributed by atoms with E-state index in [-0.39, 0.29) is 28.7 Å². The molecule has 0 spiro atoms. The lowest BCUT2D eigenvalue weighted by molar-refractivity contribution is -0.117. The number of hydrogen-bond donors (Lipinski definition) is 1. The largest absolute Gasteiger partial charge is 0.508 e. The van der Waals surface area contributed by atoms with Crippen molar-refractivity contribution in [1.29, 1.82) is 0 Å². The smallest absolute Gasteiger partial charge is 0.400 e. The van der Waals surface area contributed by atoms with Gasteiger partial charge in [-0.1, -0.05) is 48.5 Å². The van der Waals surface area contributed by atoms with Gasteiger partial charge in [0.15, 0.2) is 11.2 Å². The molecule has 0 saturated carbocycles. The summed E-state index contributed by atoms with van der Waals surface area (Å²) in [6, 6.07) is 29.5. The predicted molar refractivity (Wildman–Crippen MR) is 166 cm³/mol. The molecule has 4 aromatic carbocycles. The number of halogens is 1. The number of phenolic OH excluding ortho intramolecular Hbond substituents is 1. The van der Waals surface area contributed by atoms with Crippen LogP contribution in [0.3, 0.4) is 0 Å². The SMILES string of the molecule is CC(=O)CCc1ccc(O)cc1.CC(=O)CCc1ccc(Oc2nc3ccccc3o2)cc1.Clc1nc2ccccc2o1. The van der Waals surface area contributed by atoms with Gasteiger partial charge in [-0.3, -0.25) is 0 Å². The molecule has 1 N–H and O–H groups in total. The number of hydrogen-bond acceptors (Lipinski definition) is 8. The Kier molecular flexibility index (Phi) is 11.0. The number of aromatic hydroxyl groups is 1. The van der Waals surface area contributed by atoms with Crippen LogP contribution >= 0.6 is 11.6 Å². The molecule has 2 aromatic heterocycles. The van der Waals surface area contributed by atoms with Crippen LogP contribution < -0.4 is 4.74 Å². The minimum absolute atomic E-state index is 0.196. The fourth-order valence-corrected chi connectivity index (χ4v) is 4.04. The molecule has 8 nitrogen and oxygen atoms in total. The number of carbonyl (C=O) groups excluding carboxylic acids is 2. The molecule has 0 aliphatic carbocycles. The number of ketones is 2. The van der Waals surface area contributed by atoms with E-state index in [0.717, 1.165) is 40.6 Å². The molecule has 43 heavy (non-hydrogen) atoms. The van der Waals surface area contributed by atoms with E-state index in [2.05, 4.69) is 9.97 Å². The molecule has 0 aliphatic rings. The van der Waals surface area contributed by atoms with Gasteiger partial charge in [0.25, 0.3) is 5.35 Å². The van der Waals surface area contributed by atoms with Gasteiger partial charge in [-0.2, -0.15) is 9.97 Å². The van der Waals surface area contributed by atoms with Gasteiger partial charge >= 0.3 is 6.08 Å². The zero-order chi connectivity index (χ0) is 30.6. The number of Topliss-reactive ketones (excluding diaryl/α,β-unsaturated/α-hetero) is 2. The molecular formula is C34H31ClN2O6. The first-order valence-corrected chi connectivity index (χ1v) is 14.0. The zero-order valence-corrected chi connectivity index (χ0v) is 24.6. The van der Waals surface area contributed by atoms with Crippen molar-refractivity contribution in [2.24, 2.45) is 0 Å². The lowest BCUT2D eigenvalue weighted by Crippen LogP contribution is -1.93. The molecule has 9 heteroatoms. The Labute approximate surface area is 253 Å². The van der Waals surface area contributed by atoms with E-state index in [1.54, 1.807) is 26.0 Å². The maximum atomic E-state index is 11.0. The predicted octanol–water partition coefficient (Wildman–Crippen LogP) is 8.54. The summed E-state index contributed by atoms with van der Waals surface area (Å²) in [6.07, 6.45) is 2.87. The highest BCUT2D eigenvalue weighted by molar-refractivity contribution is 6.28. The Balaban J connectivity index is 0.000000162. The summed E-state index contributed by atoms with van der Waals surface area (Å²) in [7, 11) is 0. The Morgan fingerprint density at radius 1 is 0.698 bits per heavy atom. The van der Waals surface area contributed by atoms with Crippen LogP contribution in [0.25, 0.3) is 22.2 Å².